The molecule has 0 aliphatic heterocycles. The third-order valence-electron chi connectivity index (χ3n) is 4.16. The van der Waals surface area contributed by atoms with Crippen molar-refractivity contribution in [2.45, 2.75) is 57.4 Å². The lowest BCUT2D eigenvalue weighted by Gasteiger charge is -2.23. The molecule has 0 saturated heterocycles. The van der Waals surface area contributed by atoms with Gasteiger partial charge in [0.15, 0.2) is 11.0 Å². The quantitative estimate of drug-likeness (QED) is 0.590. The number of thiophene rings is 1. The Bertz CT molecular complexity index is 669. The van der Waals surface area contributed by atoms with Crippen LogP contribution < -0.4 is 5.32 Å². The largest absolute Gasteiger partial charge is 0.350 e. The minimum atomic E-state index is 0.0228. The summed E-state index contributed by atoms with van der Waals surface area (Å²) in [7, 11) is 4.13. The van der Waals surface area contributed by atoms with Crippen LogP contribution in [0.4, 0.5) is 0 Å². The van der Waals surface area contributed by atoms with Crippen molar-refractivity contribution in [2.24, 2.45) is 0 Å². The van der Waals surface area contributed by atoms with E-state index in [9.17, 15) is 4.79 Å². The van der Waals surface area contributed by atoms with Crippen molar-refractivity contribution in [3.05, 3.63) is 28.2 Å². The van der Waals surface area contributed by atoms with Crippen LogP contribution in [0.15, 0.2) is 22.7 Å². The van der Waals surface area contributed by atoms with Crippen LogP contribution in [-0.2, 0) is 17.9 Å². The Hall–Kier alpha value is -1.38. The smallest absolute Gasteiger partial charge is 0.230 e. The van der Waals surface area contributed by atoms with Crippen molar-refractivity contribution in [3.8, 4) is 0 Å². The number of hydrogen-bond donors (Lipinski definition) is 1. The molecule has 26 heavy (non-hydrogen) atoms. The molecule has 2 heterocycles. The summed E-state index contributed by atoms with van der Waals surface area (Å²) in [6.07, 6.45) is 3.16. The summed E-state index contributed by atoms with van der Waals surface area (Å²) < 4.78 is 2.19. The van der Waals surface area contributed by atoms with Gasteiger partial charge in [-0.1, -0.05) is 38.1 Å². The minimum Gasteiger partial charge on any atom is -0.350 e. The highest BCUT2D eigenvalue weighted by atomic mass is 32.2. The molecule has 1 atom stereocenters. The zero-order valence-corrected chi connectivity index (χ0v) is 17.7. The molecule has 0 spiro atoms. The van der Waals surface area contributed by atoms with Crippen LogP contribution in [-0.4, -0.2) is 45.4 Å². The van der Waals surface area contributed by atoms with E-state index in [4.69, 9.17) is 0 Å². The molecule has 0 fully saturated rings. The number of nitrogens with zero attached hydrogens (tertiary/aromatic N) is 4. The molecule has 8 heteroatoms. The molecule has 2 aromatic heterocycles. The molecule has 0 radical (unpaired) electrons. The molecule has 144 valence electrons. The predicted molar refractivity (Wildman–Crippen MR) is 109 cm³/mol. The third kappa shape index (κ3) is 5.82. The maximum Gasteiger partial charge on any atom is 0.230 e. The Morgan fingerprint density at radius 2 is 2.19 bits per heavy atom. The van der Waals surface area contributed by atoms with Crippen molar-refractivity contribution in [1.29, 1.82) is 0 Å². The molecule has 0 aromatic carbocycles. The normalized spacial score (nSPS) is 12.5. The maximum atomic E-state index is 12.1. The second-order valence-electron chi connectivity index (χ2n) is 6.38. The summed E-state index contributed by atoms with van der Waals surface area (Å²) >= 11 is 3.12. The maximum absolute atomic E-state index is 12.1. The zero-order chi connectivity index (χ0) is 18.9. The summed E-state index contributed by atoms with van der Waals surface area (Å²) in [5, 5.41) is 14.6. The first-order valence-electron chi connectivity index (χ1n) is 9.08. The van der Waals surface area contributed by atoms with Gasteiger partial charge in [-0.15, -0.1) is 21.5 Å². The first kappa shape index (κ1) is 20.9. The Labute approximate surface area is 164 Å². The number of amides is 1. The van der Waals surface area contributed by atoms with Crippen LogP contribution in [0.25, 0.3) is 0 Å². The van der Waals surface area contributed by atoms with Gasteiger partial charge in [0.2, 0.25) is 5.91 Å². The summed E-state index contributed by atoms with van der Waals surface area (Å²) in [6.45, 7) is 5.82. The van der Waals surface area contributed by atoms with Gasteiger partial charge < -0.3 is 9.88 Å². The monoisotopic (exact) mass is 395 g/mol. The molecule has 0 unspecified atom stereocenters. The Balaban J connectivity index is 2.00. The molecule has 2 rings (SSSR count). The number of rotatable bonds is 11. The second kappa shape index (κ2) is 10.7. The van der Waals surface area contributed by atoms with Gasteiger partial charge in [0.05, 0.1) is 18.3 Å². The number of nitrogens with one attached hydrogen (secondary N) is 1. The van der Waals surface area contributed by atoms with Crippen molar-refractivity contribution >= 4 is 29.0 Å². The molecule has 0 bridgehead atoms. The highest BCUT2D eigenvalue weighted by Gasteiger charge is 2.22. The van der Waals surface area contributed by atoms with Gasteiger partial charge in [0.25, 0.3) is 0 Å². The summed E-state index contributed by atoms with van der Waals surface area (Å²) in [5.41, 5.74) is 0. The summed E-state index contributed by atoms with van der Waals surface area (Å²) in [4.78, 5) is 15.5. The fourth-order valence-corrected chi connectivity index (χ4v) is 4.18. The van der Waals surface area contributed by atoms with E-state index in [0.29, 0.717) is 12.3 Å². The molecule has 0 aliphatic rings. The molecule has 0 aliphatic carbocycles. The first-order chi connectivity index (χ1) is 12.6. The van der Waals surface area contributed by atoms with Gasteiger partial charge in [-0.05, 0) is 38.4 Å². The van der Waals surface area contributed by atoms with E-state index in [2.05, 4.69) is 52.9 Å². The van der Waals surface area contributed by atoms with E-state index < -0.39 is 0 Å². The van der Waals surface area contributed by atoms with Crippen molar-refractivity contribution < 1.29 is 4.79 Å². The Morgan fingerprint density at radius 1 is 1.38 bits per heavy atom. The standard InChI is InChI=1S/C18H29N5OS2/c1-5-7-10-23-17(15(6-2)22(3)4)20-21-18(23)26-13-16(24)19-12-14-9-8-11-25-14/h8-9,11,15H,5-7,10,12-13H2,1-4H3,(H,19,24)/t15-/m0/s1. The zero-order valence-electron chi connectivity index (χ0n) is 16.1. The van der Waals surface area contributed by atoms with E-state index >= 15 is 0 Å². The molecule has 0 saturated carbocycles. The fourth-order valence-electron chi connectivity index (χ4n) is 2.74. The van der Waals surface area contributed by atoms with E-state index in [1.807, 2.05) is 17.5 Å². The summed E-state index contributed by atoms with van der Waals surface area (Å²) in [5.74, 6) is 1.37. The van der Waals surface area contributed by atoms with Crippen LogP contribution in [0, 0.1) is 0 Å². The first-order valence-corrected chi connectivity index (χ1v) is 10.9. The van der Waals surface area contributed by atoms with Crippen LogP contribution in [0.2, 0.25) is 0 Å². The molecule has 1 N–H and O–H groups in total. The van der Waals surface area contributed by atoms with E-state index in [1.165, 1.54) is 11.8 Å². The molecule has 2 aromatic rings. The number of carbonyl (C=O) groups is 1. The minimum absolute atomic E-state index is 0.0228. The summed E-state index contributed by atoms with van der Waals surface area (Å²) in [6, 6.07) is 4.26. The van der Waals surface area contributed by atoms with Crippen LogP contribution in [0.3, 0.4) is 0 Å². The highest BCUT2D eigenvalue weighted by molar-refractivity contribution is 7.99. The fraction of sp³-hybridized carbons (Fsp3) is 0.611. The number of carbonyl (C=O) groups excluding carboxylic acids is 1. The molecular weight excluding hydrogens is 366 g/mol. The highest BCUT2D eigenvalue weighted by Crippen LogP contribution is 2.25. The number of unbranched alkanes of at least 4 members (excludes halogenated alkanes) is 1. The lowest BCUT2D eigenvalue weighted by atomic mass is 10.2. The van der Waals surface area contributed by atoms with E-state index in [-0.39, 0.29) is 11.9 Å². The Kier molecular flexibility index (Phi) is 8.61. The van der Waals surface area contributed by atoms with Gasteiger partial charge in [0, 0.05) is 11.4 Å². The van der Waals surface area contributed by atoms with Gasteiger partial charge in [-0.2, -0.15) is 0 Å². The van der Waals surface area contributed by atoms with E-state index in [0.717, 1.165) is 41.7 Å². The van der Waals surface area contributed by atoms with Crippen LogP contribution in [0.5, 0.6) is 0 Å². The lowest BCUT2D eigenvalue weighted by Crippen LogP contribution is -2.25. The molecule has 1 amide bonds. The number of aromatic nitrogens is 3. The van der Waals surface area contributed by atoms with Gasteiger partial charge in [-0.3, -0.25) is 9.69 Å². The van der Waals surface area contributed by atoms with Crippen molar-refractivity contribution in [3.63, 3.8) is 0 Å². The van der Waals surface area contributed by atoms with Crippen LogP contribution in [0.1, 0.15) is 49.9 Å². The topological polar surface area (TPSA) is 63.1 Å². The van der Waals surface area contributed by atoms with Crippen molar-refractivity contribution in [2.75, 3.05) is 19.8 Å². The van der Waals surface area contributed by atoms with Gasteiger partial charge in [0.1, 0.15) is 0 Å². The lowest BCUT2D eigenvalue weighted by molar-refractivity contribution is -0.118. The van der Waals surface area contributed by atoms with E-state index in [1.54, 1.807) is 11.3 Å². The third-order valence-corrected chi connectivity index (χ3v) is 6.00. The SMILES string of the molecule is CCCCn1c(SCC(=O)NCc2cccs2)nnc1[C@H](CC)N(C)C. The van der Waals surface area contributed by atoms with Gasteiger partial charge >= 0.3 is 0 Å². The van der Waals surface area contributed by atoms with Crippen molar-refractivity contribution in [1.82, 2.24) is 25.0 Å². The number of hydrogen-bond acceptors (Lipinski definition) is 6. The predicted octanol–water partition coefficient (Wildman–Crippen LogP) is 3.56. The average molecular weight is 396 g/mol. The molecular formula is C18H29N5OS2. The van der Waals surface area contributed by atoms with Crippen LogP contribution >= 0.6 is 23.1 Å². The van der Waals surface area contributed by atoms with Gasteiger partial charge in [-0.25, -0.2) is 0 Å². The molecule has 6 nitrogen and oxygen atoms in total. The Morgan fingerprint density at radius 3 is 2.81 bits per heavy atom. The average Bonchev–Trinajstić information content (AvgIpc) is 3.27. The second-order valence-corrected chi connectivity index (χ2v) is 8.35. The number of thioether (sulfide) groups is 1.